The van der Waals surface area contributed by atoms with Gasteiger partial charge in [-0.05, 0) is 40.2 Å². The van der Waals surface area contributed by atoms with Gasteiger partial charge in [0.05, 0.1) is 0 Å². The maximum absolute atomic E-state index is 11.2. The van der Waals surface area contributed by atoms with Crippen molar-refractivity contribution in [1.82, 2.24) is 10.2 Å². The molecule has 1 amide bonds. The minimum Gasteiger partial charge on any atom is -0.349 e. The average molecular weight is 200 g/mol. The third-order valence-corrected chi connectivity index (χ3v) is 1.97. The van der Waals surface area contributed by atoms with Crippen LogP contribution in [-0.4, -0.2) is 37.0 Å². The number of hydrogen-bond donors (Lipinski definition) is 1. The van der Waals surface area contributed by atoms with Gasteiger partial charge >= 0.3 is 0 Å². The molecule has 0 aromatic rings. The molecule has 0 aromatic heterocycles. The second-order valence-electron chi connectivity index (χ2n) is 4.92. The van der Waals surface area contributed by atoms with Crippen molar-refractivity contribution < 1.29 is 4.79 Å². The van der Waals surface area contributed by atoms with Gasteiger partial charge in [0.1, 0.15) is 0 Å². The fraction of sp³-hybridized carbons (Fsp3) is 0.909. The molecule has 0 rings (SSSR count). The average Bonchev–Trinajstić information content (AvgIpc) is 2.01. The van der Waals surface area contributed by atoms with Crippen molar-refractivity contribution in [2.75, 3.05) is 20.6 Å². The van der Waals surface area contributed by atoms with Gasteiger partial charge in [-0.1, -0.05) is 0 Å². The Hall–Kier alpha value is -0.570. The predicted molar refractivity (Wildman–Crippen MR) is 60.3 cm³/mol. The molecule has 0 saturated carbocycles. The van der Waals surface area contributed by atoms with E-state index in [1.165, 1.54) is 0 Å². The highest BCUT2D eigenvalue weighted by Gasteiger charge is 2.08. The van der Waals surface area contributed by atoms with Crippen molar-refractivity contribution in [1.29, 1.82) is 0 Å². The minimum atomic E-state index is 0.186. The monoisotopic (exact) mass is 200 g/mol. The van der Waals surface area contributed by atoms with Gasteiger partial charge in [0.2, 0.25) is 5.91 Å². The summed E-state index contributed by atoms with van der Waals surface area (Å²) in [5.74, 6) is 0.223. The Morgan fingerprint density at radius 2 is 1.79 bits per heavy atom. The lowest BCUT2D eigenvalue weighted by atomic mass is 10.1. The lowest BCUT2D eigenvalue weighted by Gasteiger charge is -2.20. The Kier molecular flexibility index (Phi) is 5.77. The van der Waals surface area contributed by atoms with Crippen LogP contribution in [0, 0.1) is 0 Å². The highest BCUT2D eigenvalue weighted by atomic mass is 16.2. The van der Waals surface area contributed by atoms with Crippen molar-refractivity contribution in [3.63, 3.8) is 0 Å². The fourth-order valence-corrected chi connectivity index (χ4v) is 1.09. The van der Waals surface area contributed by atoms with Crippen LogP contribution in [0.3, 0.4) is 0 Å². The quantitative estimate of drug-likeness (QED) is 0.684. The molecule has 1 N–H and O–H groups in total. The van der Waals surface area contributed by atoms with Crippen molar-refractivity contribution >= 4 is 5.91 Å². The Morgan fingerprint density at radius 1 is 1.21 bits per heavy atom. The summed E-state index contributed by atoms with van der Waals surface area (Å²) >= 11 is 0. The largest absolute Gasteiger partial charge is 0.349 e. The molecule has 0 atom stereocenters. The topological polar surface area (TPSA) is 32.3 Å². The maximum Gasteiger partial charge on any atom is 0.222 e. The normalized spacial score (nSPS) is 11.5. The van der Waals surface area contributed by atoms with Crippen LogP contribution >= 0.6 is 0 Å². The lowest BCUT2D eigenvalue weighted by molar-refractivity contribution is -0.128. The molecular formula is C11H24N2O. The van der Waals surface area contributed by atoms with Gasteiger partial charge in [0.15, 0.2) is 0 Å². The van der Waals surface area contributed by atoms with E-state index in [1.807, 2.05) is 0 Å². The van der Waals surface area contributed by atoms with Crippen LogP contribution in [0.25, 0.3) is 0 Å². The first-order valence-electron chi connectivity index (χ1n) is 5.28. The van der Waals surface area contributed by atoms with E-state index >= 15 is 0 Å². The third kappa shape index (κ3) is 8.05. The number of nitrogens with one attached hydrogen (secondary N) is 1. The highest BCUT2D eigenvalue weighted by molar-refractivity contribution is 5.75. The molecule has 0 bridgehead atoms. The van der Waals surface area contributed by atoms with E-state index in [-0.39, 0.29) is 11.4 Å². The first kappa shape index (κ1) is 13.4. The first-order valence-corrected chi connectivity index (χ1v) is 5.28. The number of amides is 1. The van der Waals surface area contributed by atoms with Crippen LogP contribution in [-0.2, 0) is 4.79 Å². The van der Waals surface area contributed by atoms with Crippen molar-refractivity contribution in [2.24, 2.45) is 0 Å². The second kappa shape index (κ2) is 6.02. The molecule has 3 heteroatoms. The second-order valence-corrected chi connectivity index (χ2v) is 4.92. The van der Waals surface area contributed by atoms with E-state index in [1.54, 1.807) is 19.0 Å². The van der Waals surface area contributed by atoms with Gasteiger partial charge in [-0.3, -0.25) is 4.79 Å². The Bertz CT molecular complexity index is 171. The molecule has 0 heterocycles. The molecule has 14 heavy (non-hydrogen) atoms. The van der Waals surface area contributed by atoms with Crippen LogP contribution in [0.1, 0.15) is 40.0 Å². The number of carbonyl (C=O) groups is 1. The standard InChI is InChI=1S/C11H24N2O/c1-11(2,3)12-9-7-6-8-10(14)13(4)5/h12H,6-9H2,1-5H3. The molecule has 0 aliphatic rings. The van der Waals surface area contributed by atoms with Crippen LogP contribution in [0.2, 0.25) is 0 Å². The SMILES string of the molecule is CN(C)C(=O)CCCCNC(C)(C)C. The molecule has 0 spiro atoms. The zero-order valence-corrected chi connectivity index (χ0v) is 10.2. The zero-order chi connectivity index (χ0) is 11.2. The summed E-state index contributed by atoms with van der Waals surface area (Å²) < 4.78 is 0. The van der Waals surface area contributed by atoms with E-state index in [2.05, 4.69) is 26.1 Å². The van der Waals surface area contributed by atoms with Crippen molar-refractivity contribution in [2.45, 2.75) is 45.6 Å². The number of hydrogen-bond acceptors (Lipinski definition) is 2. The van der Waals surface area contributed by atoms with Crippen LogP contribution in [0.15, 0.2) is 0 Å². The molecule has 0 fully saturated rings. The summed E-state index contributed by atoms with van der Waals surface area (Å²) in [6.07, 6.45) is 2.70. The van der Waals surface area contributed by atoms with E-state index in [9.17, 15) is 4.79 Å². The highest BCUT2D eigenvalue weighted by Crippen LogP contribution is 2.01. The molecule has 0 aliphatic carbocycles. The first-order chi connectivity index (χ1) is 6.33. The maximum atomic E-state index is 11.2. The summed E-state index contributed by atoms with van der Waals surface area (Å²) in [5, 5.41) is 3.40. The number of nitrogens with zero attached hydrogens (tertiary/aromatic N) is 1. The van der Waals surface area contributed by atoms with Crippen LogP contribution in [0.5, 0.6) is 0 Å². The predicted octanol–water partition coefficient (Wildman–Crippen LogP) is 1.63. The molecule has 0 aromatic carbocycles. The third-order valence-electron chi connectivity index (χ3n) is 1.97. The Labute approximate surface area is 87.9 Å². The van der Waals surface area contributed by atoms with Gasteiger partial charge < -0.3 is 10.2 Å². The molecule has 0 unspecified atom stereocenters. The lowest BCUT2D eigenvalue weighted by Crippen LogP contribution is -2.36. The molecule has 0 saturated heterocycles. The fourth-order valence-electron chi connectivity index (χ4n) is 1.09. The zero-order valence-electron chi connectivity index (χ0n) is 10.2. The Morgan fingerprint density at radius 3 is 2.21 bits per heavy atom. The smallest absolute Gasteiger partial charge is 0.222 e. The van der Waals surface area contributed by atoms with E-state index in [4.69, 9.17) is 0 Å². The molecule has 0 radical (unpaired) electrons. The summed E-state index contributed by atoms with van der Waals surface area (Å²) in [7, 11) is 3.60. The van der Waals surface area contributed by atoms with Crippen LogP contribution in [0.4, 0.5) is 0 Å². The number of unbranched alkanes of at least 4 members (excludes halogenated alkanes) is 1. The minimum absolute atomic E-state index is 0.186. The van der Waals surface area contributed by atoms with Crippen molar-refractivity contribution in [3.05, 3.63) is 0 Å². The van der Waals surface area contributed by atoms with E-state index < -0.39 is 0 Å². The van der Waals surface area contributed by atoms with E-state index in [0.717, 1.165) is 19.4 Å². The summed E-state index contributed by atoms with van der Waals surface area (Å²) in [6.45, 7) is 7.44. The Balaban J connectivity index is 3.35. The van der Waals surface area contributed by atoms with Crippen LogP contribution < -0.4 is 5.32 Å². The van der Waals surface area contributed by atoms with Gasteiger partial charge in [0, 0.05) is 26.1 Å². The van der Waals surface area contributed by atoms with Gasteiger partial charge in [-0.25, -0.2) is 0 Å². The molecular weight excluding hydrogens is 176 g/mol. The summed E-state index contributed by atoms with van der Waals surface area (Å²) in [5.41, 5.74) is 0.186. The van der Waals surface area contributed by atoms with Gasteiger partial charge in [0.25, 0.3) is 0 Å². The van der Waals surface area contributed by atoms with Crippen molar-refractivity contribution in [3.8, 4) is 0 Å². The van der Waals surface area contributed by atoms with Gasteiger partial charge in [-0.15, -0.1) is 0 Å². The summed E-state index contributed by atoms with van der Waals surface area (Å²) in [6, 6.07) is 0. The summed E-state index contributed by atoms with van der Waals surface area (Å²) in [4.78, 5) is 12.9. The molecule has 0 aliphatic heterocycles. The van der Waals surface area contributed by atoms with E-state index in [0.29, 0.717) is 6.42 Å². The number of carbonyl (C=O) groups excluding carboxylic acids is 1. The molecule has 3 nitrogen and oxygen atoms in total. The molecule has 84 valence electrons. The number of rotatable bonds is 5. The van der Waals surface area contributed by atoms with Gasteiger partial charge in [-0.2, -0.15) is 0 Å².